The van der Waals surface area contributed by atoms with Crippen LogP contribution in [0.25, 0.3) is 5.70 Å². The van der Waals surface area contributed by atoms with E-state index in [9.17, 15) is 9.59 Å². The van der Waals surface area contributed by atoms with Crippen molar-refractivity contribution in [2.75, 3.05) is 0 Å². The summed E-state index contributed by atoms with van der Waals surface area (Å²) in [5, 5.41) is 3.01. The lowest BCUT2D eigenvalue weighted by atomic mass is 10.0. The van der Waals surface area contributed by atoms with Gasteiger partial charge in [0, 0.05) is 21.7 Å². The second-order valence-corrected chi connectivity index (χ2v) is 6.64. The highest BCUT2D eigenvalue weighted by Crippen LogP contribution is 2.48. The molecule has 22 heavy (non-hydrogen) atoms. The van der Waals surface area contributed by atoms with Crippen LogP contribution in [0.2, 0.25) is 5.02 Å². The minimum Gasteiger partial charge on any atom is -0.316 e. The average molecular weight is 328 g/mol. The molecule has 5 heteroatoms. The zero-order valence-corrected chi connectivity index (χ0v) is 12.9. The third kappa shape index (κ3) is 1.99. The minimum absolute atomic E-state index is 0.0157. The van der Waals surface area contributed by atoms with Gasteiger partial charge in [-0.2, -0.15) is 0 Å². The van der Waals surface area contributed by atoms with Crippen LogP contribution in [0.15, 0.2) is 54.1 Å². The van der Waals surface area contributed by atoms with E-state index in [2.05, 4.69) is 5.32 Å². The fourth-order valence-electron chi connectivity index (χ4n) is 2.86. The molecule has 0 spiro atoms. The number of benzene rings is 2. The Morgan fingerprint density at radius 3 is 2.36 bits per heavy atom. The van der Waals surface area contributed by atoms with Gasteiger partial charge in [-0.05, 0) is 17.7 Å². The molecule has 0 radical (unpaired) electrons. The Kier molecular flexibility index (Phi) is 3.10. The first kappa shape index (κ1) is 13.6. The molecule has 2 aromatic rings. The van der Waals surface area contributed by atoms with Crippen molar-refractivity contribution >= 4 is 40.1 Å². The van der Waals surface area contributed by atoms with Crippen LogP contribution >= 0.6 is 23.4 Å². The van der Waals surface area contributed by atoms with Crippen LogP contribution in [0.1, 0.15) is 26.7 Å². The molecule has 0 aromatic heterocycles. The van der Waals surface area contributed by atoms with Gasteiger partial charge < -0.3 is 5.32 Å². The van der Waals surface area contributed by atoms with Crippen molar-refractivity contribution in [1.29, 1.82) is 0 Å². The number of nitrogens with one attached hydrogen (secondary N) is 1. The molecule has 3 nitrogen and oxygen atoms in total. The van der Waals surface area contributed by atoms with Crippen molar-refractivity contribution in [1.82, 2.24) is 5.32 Å². The zero-order chi connectivity index (χ0) is 15.3. The van der Waals surface area contributed by atoms with E-state index in [-0.39, 0.29) is 16.3 Å². The van der Waals surface area contributed by atoms with Crippen LogP contribution in [0.3, 0.4) is 0 Å². The van der Waals surface area contributed by atoms with Gasteiger partial charge in [0.25, 0.3) is 5.24 Å². The molecule has 0 fully saturated rings. The molecule has 0 saturated heterocycles. The largest absolute Gasteiger partial charge is 0.316 e. The second kappa shape index (κ2) is 5.00. The van der Waals surface area contributed by atoms with Gasteiger partial charge >= 0.3 is 0 Å². The number of carbonyl (C=O) groups excluding carboxylic acids is 2. The van der Waals surface area contributed by atoms with Crippen molar-refractivity contribution in [3.63, 3.8) is 0 Å². The summed E-state index contributed by atoms with van der Waals surface area (Å²) in [7, 11) is 0. The van der Waals surface area contributed by atoms with Crippen molar-refractivity contribution in [2.45, 2.75) is 5.25 Å². The summed E-state index contributed by atoms with van der Waals surface area (Å²) >= 11 is 7.05. The molecule has 1 amide bonds. The first-order valence-electron chi connectivity index (χ1n) is 6.76. The van der Waals surface area contributed by atoms with E-state index >= 15 is 0 Å². The van der Waals surface area contributed by atoms with Gasteiger partial charge in [0.15, 0.2) is 5.78 Å². The quantitative estimate of drug-likeness (QED) is 0.842. The first-order valence-corrected chi connectivity index (χ1v) is 8.02. The van der Waals surface area contributed by atoms with Gasteiger partial charge in [-0.25, -0.2) is 0 Å². The van der Waals surface area contributed by atoms with Gasteiger partial charge in [0.2, 0.25) is 0 Å². The van der Waals surface area contributed by atoms with Crippen LogP contribution < -0.4 is 5.32 Å². The molecule has 4 rings (SSSR count). The first-order chi connectivity index (χ1) is 10.6. The summed E-state index contributed by atoms with van der Waals surface area (Å²) in [5.74, 6) is -0.0157. The summed E-state index contributed by atoms with van der Waals surface area (Å²) in [6.07, 6.45) is 0. The lowest BCUT2D eigenvalue weighted by molar-refractivity contribution is 0.103. The third-order valence-corrected chi connectivity index (χ3v) is 5.15. The molecule has 1 unspecified atom stereocenters. The fourth-order valence-corrected chi connectivity index (χ4v) is 3.99. The lowest BCUT2D eigenvalue weighted by Gasteiger charge is -2.23. The van der Waals surface area contributed by atoms with Crippen molar-refractivity contribution in [2.24, 2.45) is 0 Å². The number of fused-ring (bicyclic) bond motifs is 2. The normalized spacial score (nSPS) is 19.8. The molecule has 1 N–H and O–H groups in total. The van der Waals surface area contributed by atoms with E-state index in [4.69, 9.17) is 11.6 Å². The van der Waals surface area contributed by atoms with Crippen molar-refractivity contribution in [3.05, 3.63) is 75.8 Å². The summed E-state index contributed by atoms with van der Waals surface area (Å²) in [5.41, 5.74) is 3.64. The highest BCUT2D eigenvalue weighted by molar-refractivity contribution is 8.14. The molecular weight excluding hydrogens is 318 g/mol. The molecule has 1 aliphatic carbocycles. The van der Waals surface area contributed by atoms with Gasteiger partial charge in [0.05, 0.1) is 10.9 Å². The molecule has 2 aliphatic rings. The Morgan fingerprint density at radius 1 is 0.955 bits per heavy atom. The van der Waals surface area contributed by atoms with Crippen LogP contribution in [0, 0.1) is 0 Å². The number of hydrogen-bond donors (Lipinski definition) is 1. The number of carbonyl (C=O) groups is 2. The highest BCUT2D eigenvalue weighted by Gasteiger charge is 2.40. The van der Waals surface area contributed by atoms with E-state index in [0.717, 1.165) is 22.9 Å². The molecule has 108 valence electrons. The van der Waals surface area contributed by atoms with Gasteiger partial charge in [-0.15, -0.1) is 0 Å². The molecule has 0 saturated carbocycles. The number of rotatable bonds is 1. The highest BCUT2D eigenvalue weighted by atomic mass is 35.5. The molecule has 2 aromatic carbocycles. The second-order valence-electron chi connectivity index (χ2n) is 5.13. The predicted octanol–water partition coefficient (Wildman–Crippen LogP) is 4.45. The van der Waals surface area contributed by atoms with E-state index in [1.165, 1.54) is 0 Å². The fraction of sp³-hybridized carbons (Fsp3) is 0.0588. The zero-order valence-electron chi connectivity index (χ0n) is 11.3. The Balaban J connectivity index is 1.88. The Morgan fingerprint density at radius 2 is 1.64 bits per heavy atom. The van der Waals surface area contributed by atoms with E-state index in [1.807, 2.05) is 30.3 Å². The van der Waals surface area contributed by atoms with E-state index in [1.54, 1.807) is 18.2 Å². The summed E-state index contributed by atoms with van der Waals surface area (Å²) < 4.78 is 0. The maximum atomic E-state index is 12.7. The number of Topliss-reactive ketones (excluding diaryl/α,β-unsaturated/α-hetero) is 1. The van der Waals surface area contributed by atoms with Gasteiger partial charge in [-0.1, -0.05) is 59.8 Å². The smallest absolute Gasteiger partial charge is 0.284 e. The molecular formula is C17H10ClNO2S. The molecule has 1 aliphatic heterocycles. The number of thioether (sulfide) groups is 1. The van der Waals surface area contributed by atoms with Crippen molar-refractivity contribution < 1.29 is 9.59 Å². The third-order valence-electron chi connectivity index (χ3n) is 3.84. The number of hydrogen-bond acceptors (Lipinski definition) is 3. The Bertz CT molecular complexity index is 842. The van der Waals surface area contributed by atoms with E-state index < -0.39 is 0 Å². The molecule has 1 atom stereocenters. The Hall–Kier alpha value is -2.04. The van der Waals surface area contributed by atoms with Crippen LogP contribution in [0.4, 0.5) is 4.79 Å². The predicted molar refractivity (Wildman–Crippen MR) is 88.0 cm³/mol. The molecule has 1 heterocycles. The number of ketones is 1. The van der Waals surface area contributed by atoms with Crippen LogP contribution in [0.5, 0.6) is 0 Å². The maximum absolute atomic E-state index is 12.7. The topological polar surface area (TPSA) is 46.2 Å². The van der Waals surface area contributed by atoms with E-state index in [0.29, 0.717) is 21.9 Å². The van der Waals surface area contributed by atoms with Crippen LogP contribution in [-0.2, 0) is 0 Å². The molecule has 0 bridgehead atoms. The summed E-state index contributed by atoms with van der Waals surface area (Å²) in [6, 6.07) is 14.6. The Labute approximate surface area is 136 Å². The SMILES string of the molecule is O=C1NC2=C(C(=O)c3ccccc32)C(c2ccc(Cl)cc2)S1. The summed E-state index contributed by atoms with van der Waals surface area (Å²) in [4.78, 5) is 24.8. The standard InChI is InChI=1S/C17H10ClNO2S/c18-10-7-5-9(6-8-10)16-13-14(19-17(21)22-16)11-3-1-2-4-12(11)15(13)20/h1-8,16H,(H,19,21). The van der Waals surface area contributed by atoms with Gasteiger partial charge in [-0.3, -0.25) is 9.59 Å². The van der Waals surface area contributed by atoms with Crippen LogP contribution in [-0.4, -0.2) is 11.0 Å². The lowest BCUT2D eigenvalue weighted by Crippen LogP contribution is -2.25. The maximum Gasteiger partial charge on any atom is 0.284 e. The summed E-state index contributed by atoms with van der Waals surface area (Å²) in [6.45, 7) is 0. The van der Waals surface area contributed by atoms with Gasteiger partial charge in [0.1, 0.15) is 0 Å². The number of halogens is 1. The van der Waals surface area contributed by atoms with Crippen molar-refractivity contribution in [3.8, 4) is 0 Å². The monoisotopic (exact) mass is 327 g/mol. The average Bonchev–Trinajstić information content (AvgIpc) is 2.81. The minimum atomic E-state index is -0.305. The number of amides is 1.